The molecule has 580 valence electrons. The maximum absolute atomic E-state index is 14.5. The van der Waals surface area contributed by atoms with Crippen LogP contribution in [0.2, 0.25) is 0 Å². The number of rotatable bonds is 31. The molecule has 4 aromatic heterocycles. The number of hydrogen-bond donors (Lipinski definition) is 8. The third-order valence-corrected chi connectivity index (χ3v) is 22.3. The standard InChI is InChI=1S/C48H60N8O4.C38H48N8O4/c1-3-4-6-15-34-23-25-35(26-24-34)16-13-14-29-55-32-43(53-54-55)45(36-17-7-5-8-18-36)52-47(59)44-28-27-38-19-9-11-22-41(48(60)56(38)44)51-46(58)42(50-33(2)57)30-37-31-49-40-21-12-10-20-39(37)40;1-25(47)40-34(22-27-23-39-32-18-11-8-16-30(27)32)36(48)42-33-19-10-7-15-29-20-21-35(46(29)38(33)50)37(49)41-31(26-12-4-3-5-13-26)17-9-6-14-28-24-45(2)44-43-28/h5,7-8,10,12,17-18,20-21,23-26,31-32,38,41-42,44-45,49H,3-4,6,9,11,13-16,19,22,27-30H2,1-2H3,(H,50,57)(H,51,58)(H,52,59);3-5,8,11-13,16,18,23-24,29,31,33-35,39H,6-7,9-10,14-15,17,19-22H2,1-2H3,(H,40,47)(H,41,49)(H,42,48)/t38-,41-,42-,44-,45-;29-,31+,33-,34-,35-/m00/s1. The molecule has 10 atom stereocenters. The number of nitrogens with zero attached hydrogens (tertiary/aromatic N) is 8. The molecule has 0 spiro atoms. The average Bonchev–Trinajstić information content (AvgIpc) is 1.62. The molecule has 4 saturated heterocycles. The monoisotopic (exact) mass is 1490 g/mol. The third-order valence-electron chi connectivity index (χ3n) is 22.3. The Balaban J connectivity index is 0.000000208. The highest BCUT2D eigenvalue weighted by atomic mass is 16.2. The number of aryl methyl sites for hydroxylation is 5. The number of aromatic nitrogens is 8. The SMILES string of the molecule is CC(=O)N[C@@H](Cc1c[nH]c2ccccc12)C(=O)N[C@H]1CCCC[C@H]2CC[C@@H](C(=O)N[C@H](CCCCc3cn(C)nn3)c3ccccc3)N2C1=O.CCCCCc1ccc(CCCCn2cc([C@@H](NC(=O)[C@@H]3CC[C@@H]4CCCC[C@H](NC(=O)[C@H](Cc5c[nH]c6ccccc56)NC(C)=O)C(=O)N43)c3ccccc3)nn2)cc1. The maximum atomic E-state index is 14.5. The van der Waals surface area contributed by atoms with Crippen LogP contribution in [0.5, 0.6) is 0 Å². The van der Waals surface area contributed by atoms with Crippen LogP contribution in [0.3, 0.4) is 0 Å². The van der Waals surface area contributed by atoms with Crippen molar-refractivity contribution in [1.29, 1.82) is 0 Å². The molecular weight excluding hydrogens is 1390 g/mol. The van der Waals surface area contributed by atoms with Crippen molar-refractivity contribution in [3.63, 3.8) is 0 Å². The van der Waals surface area contributed by atoms with Gasteiger partial charge in [-0.3, -0.25) is 47.7 Å². The highest BCUT2D eigenvalue weighted by Gasteiger charge is 2.47. The second-order valence-corrected chi connectivity index (χ2v) is 30.4. The van der Waals surface area contributed by atoms with E-state index in [0.29, 0.717) is 44.3 Å². The molecule has 8 N–H and O–H groups in total. The average molecular weight is 1490 g/mol. The first-order valence-corrected chi connectivity index (χ1v) is 40.0. The molecule has 8 heterocycles. The molecular formula is C86H108N16O8. The summed E-state index contributed by atoms with van der Waals surface area (Å²) in [6.45, 7) is 5.71. The summed E-state index contributed by atoms with van der Waals surface area (Å²) in [4.78, 5) is 119. The van der Waals surface area contributed by atoms with E-state index in [4.69, 9.17) is 0 Å². The Labute approximate surface area is 644 Å². The Morgan fingerprint density at radius 1 is 0.500 bits per heavy atom. The van der Waals surface area contributed by atoms with Crippen LogP contribution in [-0.2, 0) is 84.1 Å². The van der Waals surface area contributed by atoms with Crippen molar-refractivity contribution in [2.45, 2.75) is 248 Å². The van der Waals surface area contributed by atoms with Crippen molar-refractivity contribution < 1.29 is 38.4 Å². The Bertz CT molecular complexity index is 4550. The number of aromatic amines is 2. The van der Waals surface area contributed by atoms with Crippen LogP contribution in [0.15, 0.2) is 158 Å². The van der Waals surface area contributed by atoms with Gasteiger partial charge in [0, 0.05) is 92.8 Å². The van der Waals surface area contributed by atoms with Crippen LogP contribution in [0, 0.1) is 0 Å². The number of benzene rings is 5. The summed E-state index contributed by atoms with van der Waals surface area (Å²) in [5, 5.41) is 37.3. The van der Waals surface area contributed by atoms with E-state index < -0.39 is 54.1 Å². The van der Waals surface area contributed by atoms with Gasteiger partial charge in [0.05, 0.1) is 24.0 Å². The normalized spacial score (nSPS) is 19.6. The van der Waals surface area contributed by atoms with E-state index in [2.05, 4.69) is 93.7 Å². The molecule has 0 radical (unpaired) electrons. The molecule has 0 bridgehead atoms. The summed E-state index contributed by atoms with van der Waals surface area (Å²) in [6, 6.07) is 38.7. The van der Waals surface area contributed by atoms with Gasteiger partial charge in [-0.1, -0.05) is 184 Å². The van der Waals surface area contributed by atoms with Crippen LogP contribution < -0.4 is 31.9 Å². The summed E-state index contributed by atoms with van der Waals surface area (Å²) in [7, 11) is 1.85. The van der Waals surface area contributed by atoms with E-state index in [0.717, 1.165) is 146 Å². The summed E-state index contributed by atoms with van der Waals surface area (Å²) in [6.07, 6.45) is 27.7. The van der Waals surface area contributed by atoms with E-state index in [1.165, 1.54) is 44.2 Å². The summed E-state index contributed by atoms with van der Waals surface area (Å²) in [5.74, 6) is -2.41. The second-order valence-electron chi connectivity index (χ2n) is 30.4. The van der Waals surface area contributed by atoms with Crippen molar-refractivity contribution >= 4 is 69.1 Å². The fraction of sp³-hybridized carbons (Fsp3) is 0.465. The van der Waals surface area contributed by atoms with Gasteiger partial charge in [-0.15, -0.1) is 10.2 Å². The molecule has 13 rings (SSSR count). The van der Waals surface area contributed by atoms with Gasteiger partial charge in [-0.2, -0.15) is 0 Å². The quantitative estimate of drug-likeness (QED) is 0.0188. The van der Waals surface area contributed by atoms with Gasteiger partial charge in [-0.05, 0) is 148 Å². The van der Waals surface area contributed by atoms with Crippen LogP contribution in [0.25, 0.3) is 21.8 Å². The summed E-state index contributed by atoms with van der Waals surface area (Å²) < 4.78 is 3.55. The molecule has 24 nitrogen and oxygen atoms in total. The lowest BCUT2D eigenvalue weighted by Gasteiger charge is -2.36. The topological polar surface area (TPSA) is 308 Å². The van der Waals surface area contributed by atoms with Crippen molar-refractivity contribution in [2.24, 2.45) is 7.05 Å². The Morgan fingerprint density at radius 2 is 0.991 bits per heavy atom. The van der Waals surface area contributed by atoms with Crippen LogP contribution >= 0.6 is 0 Å². The molecule has 4 fully saturated rings. The number of unbranched alkanes of at least 4 members (excludes halogenated alkanes) is 4. The molecule has 8 amide bonds. The summed E-state index contributed by atoms with van der Waals surface area (Å²) >= 11 is 0. The zero-order valence-electron chi connectivity index (χ0n) is 64.0. The van der Waals surface area contributed by atoms with Crippen molar-refractivity contribution in [1.82, 2.24) is 81.7 Å². The highest BCUT2D eigenvalue weighted by molar-refractivity contribution is 5.97. The minimum atomic E-state index is -0.884. The van der Waals surface area contributed by atoms with Gasteiger partial charge in [0.15, 0.2) is 0 Å². The minimum absolute atomic E-state index is 0.0579. The third kappa shape index (κ3) is 20.8. The molecule has 5 aromatic carbocycles. The molecule has 9 aromatic rings. The minimum Gasteiger partial charge on any atom is -0.361 e. The number of fused-ring (bicyclic) bond motifs is 4. The number of carbonyl (C=O) groups is 8. The molecule has 0 aliphatic carbocycles. The molecule has 4 aliphatic rings. The van der Waals surface area contributed by atoms with Crippen LogP contribution in [0.1, 0.15) is 206 Å². The Hall–Kier alpha value is -10.8. The fourth-order valence-corrected chi connectivity index (χ4v) is 16.6. The lowest BCUT2D eigenvalue weighted by atomic mass is 9.98. The first kappa shape index (κ1) is 78.8. The molecule has 0 saturated carbocycles. The molecule has 0 unspecified atom stereocenters. The number of nitrogens with one attached hydrogen (secondary N) is 8. The maximum Gasteiger partial charge on any atom is 0.246 e. The Morgan fingerprint density at radius 3 is 1.51 bits per heavy atom. The largest absolute Gasteiger partial charge is 0.361 e. The van der Waals surface area contributed by atoms with Crippen molar-refractivity contribution in [3.05, 3.63) is 203 Å². The van der Waals surface area contributed by atoms with Gasteiger partial charge in [0.25, 0.3) is 0 Å². The van der Waals surface area contributed by atoms with Gasteiger partial charge in [-0.25, -0.2) is 0 Å². The lowest BCUT2D eigenvalue weighted by Crippen LogP contribution is -2.59. The number of H-pyrrole nitrogens is 2. The highest BCUT2D eigenvalue weighted by Crippen LogP contribution is 2.35. The van der Waals surface area contributed by atoms with Crippen molar-refractivity contribution in [3.8, 4) is 0 Å². The Kier molecular flexibility index (Phi) is 27.6. The predicted molar refractivity (Wildman–Crippen MR) is 422 cm³/mol. The van der Waals surface area contributed by atoms with Gasteiger partial charge in [0.1, 0.15) is 41.9 Å². The summed E-state index contributed by atoms with van der Waals surface area (Å²) in [5.41, 5.74) is 9.90. The van der Waals surface area contributed by atoms with Crippen LogP contribution in [0.4, 0.5) is 0 Å². The first-order chi connectivity index (χ1) is 53.5. The van der Waals surface area contributed by atoms with Crippen molar-refractivity contribution in [2.75, 3.05) is 0 Å². The number of carbonyl (C=O) groups excluding carboxylic acids is 8. The molecule has 4 aliphatic heterocycles. The first-order valence-electron chi connectivity index (χ1n) is 40.0. The smallest absolute Gasteiger partial charge is 0.246 e. The second kappa shape index (κ2) is 38.5. The number of hydrogen-bond acceptors (Lipinski definition) is 12. The van der Waals surface area contributed by atoms with E-state index in [1.807, 2.05) is 146 Å². The van der Waals surface area contributed by atoms with E-state index in [9.17, 15) is 38.4 Å². The number of para-hydroxylation sites is 2. The lowest BCUT2D eigenvalue weighted by molar-refractivity contribution is -0.144. The van der Waals surface area contributed by atoms with E-state index >= 15 is 0 Å². The van der Waals surface area contributed by atoms with Crippen LogP contribution in [-0.4, -0.2) is 145 Å². The van der Waals surface area contributed by atoms with Gasteiger partial charge in [0.2, 0.25) is 47.3 Å². The molecule has 110 heavy (non-hydrogen) atoms. The van der Waals surface area contributed by atoms with Gasteiger partial charge >= 0.3 is 0 Å². The predicted octanol–water partition coefficient (Wildman–Crippen LogP) is 10.9. The van der Waals surface area contributed by atoms with Gasteiger partial charge < -0.3 is 51.7 Å². The fourth-order valence-electron chi connectivity index (χ4n) is 16.6. The zero-order valence-corrected chi connectivity index (χ0v) is 64.0. The molecule has 24 heteroatoms. The number of amides is 8. The zero-order chi connectivity index (χ0) is 76.9. The van der Waals surface area contributed by atoms with E-state index in [1.54, 1.807) is 14.5 Å². The van der Waals surface area contributed by atoms with E-state index in [-0.39, 0.29) is 66.4 Å².